The third kappa shape index (κ3) is 4.68. The van der Waals surface area contributed by atoms with Gasteiger partial charge >= 0.3 is 0 Å². The number of benzene rings is 3. The van der Waals surface area contributed by atoms with E-state index in [1.807, 2.05) is 61.5 Å². The van der Waals surface area contributed by atoms with E-state index in [9.17, 15) is 4.79 Å². The van der Waals surface area contributed by atoms with Gasteiger partial charge in [-0.05, 0) is 49.4 Å². The predicted molar refractivity (Wildman–Crippen MR) is 110 cm³/mol. The van der Waals surface area contributed by atoms with Gasteiger partial charge in [-0.25, -0.2) is 0 Å². The number of nitrogens with one attached hydrogen (secondary N) is 1. The molecule has 0 saturated carbocycles. The maximum atomic E-state index is 12.2. The van der Waals surface area contributed by atoms with Crippen LogP contribution in [0.25, 0.3) is 22.9 Å². The lowest BCUT2D eigenvalue weighted by Crippen LogP contribution is -2.20. The highest BCUT2D eigenvalue weighted by atomic mass is 16.5. The molecule has 0 fully saturated rings. The number of anilines is 1. The molecular weight excluding hydrogens is 366 g/mol. The highest BCUT2D eigenvalue weighted by Gasteiger charge is 2.12. The first-order chi connectivity index (χ1) is 14.2. The molecule has 6 nitrogen and oxygen atoms in total. The van der Waals surface area contributed by atoms with Gasteiger partial charge in [0.15, 0.2) is 6.61 Å². The lowest BCUT2D eigenvalue weighted by atomic mass is 10.1. The molecular formula is C23H19N3O3. The number of carbonyl (C=O) groups is 1. The van der Waals surface area contributed by atoms with E-state index in [1.165, 1.54) is 0 Å². The highest BCUT2D eigenvalue weighted by molar-refractivity contribution is 5.92. The van der Waals surface area contributed by atoms with Gasteiger partial charge in [-0.3, -0.25) is 4.79 Å². The summed E-state index contributed by atoms with van der Waals surface area (Å²) in [6, 6.07) is 24.3. The third-order valence-electron chi connectivity index (χ3n) is 4.20. The van der Waals surface area contributed by atoms with Crippen LogP contribution in [0.3, 0.4) is 0 Å². The van der Waals surface area contributed by atoms with Gasteiger partial charge in [0, 0.05) is 16.8 Å². The van der Waals surface area contributed by atoms with Crippen molar-refractivity contribution >= 4 is 11.6 Å². The number of para-hydroxylation sites is 1. The van der Waals surface area contributed by atoms with E-state index in [0.717, 1.165) is 16.7 Å². The average molecular weight is 385 g/mol. The molecule has 0 aliphatic carbocycles. The predicted octanol–water partition coefficient (Wildman–Crippen LogP) is 4.73. The van der Waals surface area contributed by atoms with Crippen LogP contribution in [0.2, 0.25) is 0 Å². The topological polar surface area (TPSA) is 77.2 Å². The van der Waals surface area contributed by atoms with Gasteiger partial charge in [0.1, 0.15) is 5.75 Å². The minimum Gasteiger partial charge on any atom is -0.484 e. The molecule has 1 amide bonds. The summed E-state index contributed by atoms with van der Waals surface area (Å²) >= 11 is 0. The Balaban J connectivity index is 1.44. The third-order valence-corrected chi connectivity index (χ3v) is 4.20. The van der Waals surface area contributed by atoms with Crippen molar-refractivity contribution in [3.63, 3.8) is 0 Å². The number of aryl methyl sites for hydroxylation is 1. The zero-order valence-electron chi connectivity index (χ0n) is 15.8. The van der Waals surface area contributed by atoms with Crippen molar-refractivity contribution in [1.82, 2.24) is 10.2 Å². The number of rotatable bonds is 6. The fourth-order valence-electron chi connectivity index (χ4n) is 2.83. The summed E-state index contributed by atoms with van der Waals surface area (Å²) in [6.07, 6.45) is 0. The van der Waals surface area contributed by atoms with E-state index < -0.39 is 0 Å². The molecule has 4 aromatic rings. The number of ether oxygens (including phenoxy) is 1. The molecule has 0 bridgehead atoms. The summed E-state index contributed by atoms with van der Waals surface area (Å²) in [5.41, 5.74) is 3.33. The van der Waals surface area contributed by atoms with Crippen LogP contribution in [0.15, 0.2) is 83.3 Å². The number of amides is 1. The van der Waals surface area contributed by atoms with E-state index >= 15 is 0 Å². The number of hydrogen-bond acceptors (Lipinski definition) is 5. The molecule has 0 atom stereocenters. The Morgan fingerprint density at radius 2 is 1.59 bits per heavy atom. The first-order valence-corrected chi connectivity index (χ1v) is 9.16. The zero-order valence-corrected chi connectivity index (χ0v) is 15.8. The van der Waals surface area contributed by atoms with Crippen molar-refractivity contribution in [2.75, 3.05) is 11.9 Å². The number of carbonyl (C=O) groups excluding carboxylic acids is 1. The van der Waals surface area contributed by atoms with Gasteiger partial charge in [-0.1, -0.05) is 42.0 Å². The van der Waals surface area contributed by atoms with Crippen LogP contribution in [0.5, 0.6) is 5.75 Å². The smallest absolute Gasteiger partial charge is 0.262 e. The minimum atomic E-state index is -0.253. The Kier molecular flexibility index (Phi) is 5.33. The van der Waals surface area contributed by atoms with Crippen LogP contribution in [0, 0.1) is 6.92 Å². The van der Waals surface area contributed by atoms with Crippen LogP contribution in [0.1, 0.15) is 5.56 Å². The van der Waals surface area contributed by atoms with Crippen LogP contribution >= 0.6 is 0 Å². The maximum Gasteiger partial charge on any atom is 0.262 e. The molecule has 1 heterocycles. The fourth-order valence-corrected chi connectivity index (χ4v) is 2.83. The first kappa shape index (κ1) is 18.4. The number of nitrogens with zero attached hydrogens (tertiary/aromatic N) is 2. The van der Waals surface area contributed by atoms with Crippen molar-refractivity contribution in [2.24, 2.45) is 0 Å². The lowest BCUT2D eigenvalue weighted by molar-refractivity contribution is -0.118. The largest absolute Gasteiger partial charge is 0.484 e. The Bertz CT molecular complexity index is 1120. The quantitative estimate of drug-likeness (QED) is 0.519. The van der Waals surface area contributed by atoms with Crippen LogP contribution < -0.4 is 10.1 Å². The van der Waals surface area contributed by atoms with Gasteiger partial charge in [-0.15, -0.1) is 10.2 Å². The molecule has 0 spiro atoms. The molecule has 0 unspecified atom stereocenters. The Morgan fingerprint density at radius 3 is 2.31 bits per heavy atom. The molecule has 0 aliphatic heterocycles. The minimum absolute atomic E-state index is 0.0771. The molecule has 0 aliphatic rings. The average Bonchev–Trinajstić information content (AvgIpc) is 3.24. The van der Waals surface area contributed by atoms with E-state index in [-0.39, 0.29) is 12.5 Å². The molecule has 144 valence electrons. The molecule has 4 rings (SSSR count). The Morgan fingerprint density at radius 1 is 0.897 bits per heavy atom. The summed E-state index contributed by atoms with van der Waals surface area (Å²) < 4.78 is 11.3. The lowest BCUT2D eigenvalue weighted by Gasteiger charge is -2.08. The van der Waals surface area contributed by atoms with Crippen molar-refractivity contribution in [2.45, 2.75) is 6.92 Å². The Labute approximate surface area is 168 Å². The van der Waals surface area contributed by atoms with E-state index in [1.54, 1.807) is 24.3 Å². The van der Waals surface area contributed by atoms with Crippen molar-refractivity contribution in [3.8, 4) is 28.7 Å². The molecule has 29 heavy (non-hydrogen) atoms. The van der Waals surface area contributed by atoms with E-state index in [2.05, 4.69) is 15.5 Å². The van der Waals surface area contributed by atoms with Gasteiger partial charge in [-0.2, -0.15) is 0 Å². The van der Waals surface area contributed by atoms with Crippen molar-refractivity contribution in [1.29, 1.82) is 0 Å². The molecule has 1 aromatic heterocycles. The fraction of sp³-hybridized carbons (Fsp3) is 0.0870. The molecule has 0 radical (unpaired) electrons. The summed E-state index contributed by atoms with van der Waals surface area (Å²) in [5.74, 6) is 1.23. The maximum absolute atomic E-state index is 12.2. The van der Waals surface area contributed by atoms with E-state index in [0.29, 0.717) is 23.2 Å². The van der Waals surface area contributed by atoms with Crippen LogP contribution in [0.4, 0.5) is 5.69 Å². The summed E-state index contributed by atoms with van der Waals surface area (Å²) in [6.45, 7) is 1.93. The van der Waals surface area contributed by atoms with Crippen LogP contribution in [-0.2, 0) is 4.79 Å². The molecule has 0 saturated heterocycles. The number of aromatic nitrogens is 2. The Hall–Kier alpha value is -3.93. The standard InChI is InChI=1S/C23H19N3O3/c1-16-7-5-8-17(13-16)22-25-26-23(29-22)18-9-6-10-19(14-18)24-21(27)15-28-20-11-3-2-4-12-20/h2-14H,15H2,1H3,(H,24,27). The van der Waals surface area contributed by atoms with Gasteiger partial charge < -0.3 is 14.5 Å². The highest BCUT2D eigenvalue weighted by Crippen LogP contribution is 2.26. The summed E-state index contributed by atoms with van der Waals surface area (Å²) in [5, 5.41) is 11.1. The van der Waals surface area contributed by atoms with Gasteiger partial charge in [0.05, 0.1) is 0 Å². The van der Waals surface area contributed by atoms with Crippen LogP contribution in [-0.4, -0.2) is 22.7 Å². The number of hydrogen-bond donors (Lipinski definition) is 1. The van der Waals surface area contributed by atoms with Gasteiger partial charge in [0.25, 0.3) is 5.91 Å². The first-order valence-electron chi connectivity index (χ1n) is 9.16. The van der Waals surface area contributed by atoms with Gasteiger partial charge in [0.2, 0.25) is 11.8 Å². The second-order valence-corrected chi connectivity index (χ2v) is 6.51. The second kappa shape index (κ2) is 8.39. The normalized spacial score (nSPS) is 10.5. The molecule has 6 heteroatoms. The summed E-state index contributed by atoms with van der Waals surface area (Å²) in [4.78, 5) is 12.2. The van der Waals surface area contributed by atoms with Crippen molar-refractivity contribution in [3.05, 3.63) is 84.4 Å². The monoisotopic (exact) mass is 385 g/mol. The molecule has 1 N–H and O–H groups in total. The van der Waals surface area contributed by atoms with E-state index in [4.69, 9.17) is 9.15 Å². The SMILES string of the molecule is Cc1cccc(-c2nnc(-c3cccc(NC(=O)COc4ccccc4)c3)o2)c1. The molecule has 3 aromatic carbocycles. The van der Waals surface area contributed by atoms with Crippen molar-refractivity contribution < 1.29 is 13.9 Å². The zero-order chi connectivity index (χ0) is 20.1. The second-order valence-electron chi connectivity index (χ2n) is 6.51. The summed E-state index contributed by atoms with van der Waals surface area (Å²) in [7, 11) is 0.